The molecule has 0 unspecified atom stereocenters. The SMILES string of the molecule is C/C=C\N=N/c1ccccc1C. The molecule has 2 heteroatoms. The van der Waals surface area contributed by atoms with E-state index in [0.29, 0.717) is 0 Å². The number of aryl methyl sites for hydroxylation is 1. The molecule has 0 spiro atoms. The molecule has 2 nitrogen and oxygen atoms in total. The van der Waals surface area contributed by atoms with Gasteiger partial charge in [-0.25, -0.2) is 0 Å². The fourth-order valence-corrected chi connectivity index (χ4v) is 0.838. The molecule has 0 fully saturated rings. The van der Waals surface area contributed by atoms with Crippen molar-refractivity contribution < 1.29 is 0 Å². The van der Waals surface area contributed by atoms with E-state index >= 15 is 0 Å². The largest absolute Gasteiger partial charge is 0.159 e. The van der Waals surface area contributed by atoms with Crippen LogP contribution in [-0.2, 0) is 0 Å². The van der Waals surface area contributed by atoms with Crippen molar-refractivity contribution in [3.8, 4) is 0 Å². The molecule has 62 valence electrons. The van der Waals surface area contributed by atoms with E-state index in [0.717, 1.165) is 11.3 Å². The molecule has 0 aliphatic heterocycles. The average molecular weight is 160 g/mol. The first-order valence-electron chi connectivity index (χ1n) is 3.92. The molecule has 0 bridgehead atoms. The van der Waals surface area contributed by atoms with Crippen molar-refractivity contribution in [3.63, 3.8) is 0 Å². The molecule has 0 amide bonds. The maximum absolute atomic E-state index is 4.03. The van der Waals surface area contributed by atoms with Crippen molar-refractivity contribution >= 4 is 5.69 Å². The number of benzene rings is 1. The summed E-state index contributed by atoms with van der Waals surface area (Å²) in [6.45, 7) is 3.93. The molecular formula is C10H12N2. The van der Waals surface area contributed by atoms with Crippen molar-refractivity contribution in [1.82, 2.24) is 0 Å². The highest BCUT2D eigenvalue weighted by Gasteiger charge is 1.90. The third-order valence-corrected chi connectivity index (χ3v) is 1.50. The zero-order valence-corrected chi connectivity index (χ0v) is 7.36. The lowest BCUT2D eigenvalue weighted by atomic mass is 10.2. The van der Waals surface area contributed by atoms with Crippen LogP contribution in [0.1, 0.15) is 12.5 Å². The first-order valence-corrected chi connectivity index (χ1v) is 3.92. The molecule has 0 aromatic heterocycles. The maximum Gasteiger partial charge on any atom is 0.0885 e. The lowest BCUT2D eigenvalue weighted by Crippen LogP contribution is -1.69. The Morgan fingerprint density at radius 3 is 2.67 bits per heavy atom. The molecule has 0 aliphatic rings. The summed E-state index contributed by atoms with van der Waals surface area (Å²) < 4.78 is 0. The van der Waals surface area contributed by atoms with E-state index in [-0.39, 0.29) is 0 Å². The van der Waals surface area contributed by atoms with Crippen molar-refractivity contribution in [2.75, 3.05) is 0 Å². The topological polar surface area (TPSA) is 24.7 Å². The Hall–Kier alpha value is -1.44. The minimum Gasteiger partial charge on any atom is -0.159 e. The molecule has 0 heterocycles. The predicted molar refractivity (Wildman–Crippen MR) is 50.5 cm³/mol. The second-order valence-corrected chi connectivity index (χ2v) is 2.48. The van der Waals surface area contributed by atoms with Crippen LogP contribution >= 0.6 is 0 Å². The van der Waals surface area contributed by atoms with Crippen molar-refractivity contribution in [1.29, 1.82) is 0 Å². The number of nitrogens with zero attached hydrogens (tertiary/aromatic N) is 2. The molecule has 0 atom stereocenters. The lowest BCUT2D eigenvalue weighted by molar-refractivity contribution is 1.20. The summed E-state index contributed by atoms with van der Waals surface area (Å²) in [6.07, 6.45) is 3.52. The summed E-state index contributed by atoms with van der Waals surface area (Å²) in [6, 6.07) is 7.91. The van der Waals surface area contributed by atoms with Crippen LogP contribution < -0.4 is 0 Å². The molecule has 1 aromatic rings. The van der Waals surface area contributed by atoms with Crippen LogP contribution in [0.3, 0.4) is 0 Å². The summed E-state index contributed by atoms with van der Waals surface area (Å²) in [7, 11) is 0. The van der Waals surface area contributed by atoms with Gasteiger partial charge in [-0.2, -0.15) is 10.2 Å². The second-order valence-electron chi connectivity index (χ2n) is 2.48. The fourth-order valence-electron chi connectivity index (χ4n) is 0.838. The van der Waals surface area contributed by atoms with Gasteiger partial charge in [0.1, 0.15) is 0 Å². The highest BCUT2D eigenvalue weighted by molar-refractivity contribution is 5.43. The number of azo groups is 1. The van der Waals surface area contributed by atoms with E-state index in [4.69, 9.17) is 0 Å². The van der Waals surface area contributed by atoms with Gasteiger partial charge in [-0.3, -0.25) is 0 Å². The Labute approximate surface area is 72.6 Å². The molecule has 0 aliphatic carbocycles. The van der Waals surface area contributed by atoms with Crippen LogP contribution in [0.5, 0.6) is 0 Å². The number of rotatable bonds is 2. The molecular weight excluding hydrogens is 148 g/mol. The van der Waals surface area contributed by atoms with Crippen LogP contribution in [0, 0.1) is 6.92 Å². The van der Waals surface area contributed by atoms with E-state index < -0.39 is 0 Å². The van der Waals surface area contributed by atoms with Gasteiger partial charge >= 0.3 is 0 Å². The van der Waals surface area contributed by atoms with Crippen molar-refractivity contribution in [2.24, 2.45) is 10.2 Å². The lowest BCUT2D eigenvalue weighted by Gasteiger charge is -1.94. The van der Waals surface area contributed by atoms with Crippen LogP contribution in [0.15, 0.2) is 46.8 Å². The van der Waals surface area contributed by atoms with Gasteiger partial charge in [-0.1, -0.05) is 24.3 Å². The van der Waals surface area contributed by atoms with E-state index in [1.54, 1.807) is 6.20 Å². The van der Waals surface area contributed by atoms with Gasteiger partial charge in [-0.15, -0.1) is 0 Å². The smallest absolute Gasteiger partial charge is 0.0885 e. The summed E-state index contributed by atoms with van der Waals surface area (Å²) in [4.78, 5) is 0. The Morgan fingerprint density at radius 1 is 1.25 bits per heavy atom. The van der Waals surface area contributed by atoms with Gasteiger partial charge in [0.15, 0.2) is 0 Å². The molecule has 0 saturated carbocycles. The monoisotopic (exact) mass is 160 g/mol. The fraction of sp³-hybridized carbons (Fsp3) is 0.200. The normalized spacial score (nSPS) is 11.5. The van der Waals surface area contributed by atoms with Crippen molar-refractivity contribution in [3.05, 3.63) is 42.1 Å². The van der Waals surface area contributed by atoms with Gasteiger partial charge in [-0.05, 0) is 25.5 Å². The predicted octanol–water partition coefficient (Wildman–Crippen LogP) is 3.61. The number of hydrogen-bond donors (Lipinski definition) is 0. The third kappa shape index (κ3) is 2.31. The summed E-state index contributed by atoms with van der Waals surface area (Å²) in [5.41, 5.74) is 2.07. The highest BCUT2D eigenvalue weighted by Crippen LogP contribution is 2.17. The zero-order chi connectivity index (χ0) is 8.81. The Morgan fingerprint density at radius 2 is 2.00 bits per heavy atom. The third-order valence-electron chi connectivity index (χ3n) is 1.50. The van der Waals surface area contributed by atoms with Gasteiger partial charge in [0.2, 0.25) is 0 Å². The summed E-state index contributed by atoms with van der Waals surface area (Å²) in [5.74, 6) is 0. The second kappa shape index (κ2) is 4.44. The average Bonchev–Trinajstić information content (AvgIpc) is 2.09. The molecule has 0 N–H and O–H groups in total. The maximum atomic E-state index is 4.03. The number of allylic oxidation sites excluding steroid dienone is 1. The summed E-state index contributed by atoms with van der Waals surface area (Å²) in [5, 5.41) is 7.90. The molecule has 0 radical (unpaired) electrons. The minimum atomic E-state index is 0.926. The van der Waals surface area contributed by atoms with Gasteiger partial charge in [0.25, 0.3) is 0 Å². The van der Waals surface area contributed by atoms with Crippen LogP contribution in [0.2, 0.25) is 0 Å². The summed E-state index contributed by atoms with van der Waals surface area (Å²) >= 11 is 0. The Balaban J connectivity index is 2.82. The molecule has 1 rings (SSSR count). The Kier molecular flexibility index (Phi) is 3.20. The van der Waals surface area contributed by atoms with Gasteiger partial charge in [0.05, 0.1) is 5.69 Å². The van der Waals surface area contributed by atoms with Crippen LogP contribution in [-0.4, -0.2) is 0 Å². The quantitative estimate of drug-likeness (QED) is 0.590. The van der Waals surface area contributed by atoms with Crippen LogP contribution in [0.4, 0.5) is 5.69 Å². The van der Waals surface area contributed by atoms with Crippen molar-refractivity contribution in [2.45, 2.75) is 13.8 Å². The van der Waals surface area contributed by atoms with E-state index in [1.807, 2.05) is 44.2 Å². The van der Waals surface area contributed by atoms with E-state index in [1.165, 1.54) is 0 Å². The first-order chi connectivity index (χ1) is 5.84. The number of hydrogen-bond acceptors (Lipinski definition) is 2. The standard InChI is InChI=1S/C10H12N2/c1-3-8-11-12-10-7-5-4-6-9(10)2/h3-8H,1-2H3/b8-3-,12-11-. The molecule has 0 saturated heterocycles. The van der Waals surface area contributed by atoms with E-state index in [2.05, 4.69) is 10.2 Å². The van der Waals surface area contributed by atoms with Gasteiger partial charge in [0, 0.05) is 6.20 Å². The highest BCUT2D eigenvalue weighted by atomic mass is 15.1. The molecule has 1 aromatic carbocycles. The van der Waals surface area contributed by atoms with E-state index in [9.17, 15) is 0 Å². The molecule has 12 heavy (non-hydrogen) atoms. The Bertz CT molecular complexity index is 300. The van der Waals surface area contributed by atoms with Gasteiger partial charge < -0.3 is 0 Å². The first kappa shape index (κ1) is 8.65. The zero-order valence-electron chi connectivity index (χ0n) is 7.36. The van der Waals surface area contributed by atoms with Crippen LogP contribution in [0.25, 0.3) is 0 Å². The minimum absolute atomic E-state index is 0.926.